The van der Waals surface area contributed by atoms with Gasteiger partial charge in [0.1, 0.15) is 0 Å². The number of sulfone groups is 1. The zero-order valence-electron chi connectivity index (χ0n) is 12.9. The fourth-order valence-electron chi connectivity index (χ4n) is 2.43. The molecular weight excluding hydrogens is 292 g/mol. The third-order valence-corrected chi connectivity index (χ3v) is 6.57. The Morgan fingerprint density at radius 2 is 1.80 bits per heavy atom. The number of hydrogen-bond acceptors (Lipinski definition) is 4. The van der Waals surface area contributed by atoms with Crippen LogP contribution < -0.4 is 5.19 Å². The lowest BCUT2D eigenvalue weighted by molar-refractivity contribution is 0.0599. The summed E-state index contributed by atoms with van der Waals surface area (Å²) in [5.41, 5.74) is 1.28. The molecule has 0 heterocycles. The molecule has 0 fully saturated rings. The van der Waals surface area contributed by atoms with Crippen molar-refractivity contribution in [2.75, 3.05) is 13.4 Å². The van der Waals surface area contributed by atoms with Gasteiger partial charge in [0.25, 0.3) is 0 Å². The monoisotopic (exact) mass is 314 g/mol. The Bertz CT molecular complexity index is 627. The number of carbonyl (C=O) groups excluding carboxylic acids is 1. The van der Waals surface area contributed by atoms with Gasteiger partial charge < -0.3 is 4.74 Å². The van der Waals surface area contributed by atoms with Crippen molar-refractivity contribution >= 4 is 29.1 Å². The van der Waals surface area contributed by atoms with E-state index in [1.165, 1.54) is 19.4 Å². The molecule has 1 aromatic carbocycles. The molecule has 112 valence electrons. The molecule has 1 aromatic rings. The summed E-state index contributed by atoms with van der Waals surface area (Å²) >= 11 is 0. The molecule has 20 heavy (non-hydrogen) atoms. The molecule has 0 bridgehead atoms. The van der Waals surface area contributed by atoms with E-state index in [4.69, 9.17) is 4.74 Å². The number of hydrogen-bond donors (Lipinski definition) is 0. The molecule has 6 heteroatoms. The van der Waals surface area contributed by atoms with E-state index < -0.39 is 23.9 Å². The first kappa shape index (κ1) is 16.9. The van der Waals surface area contributed by atoms with Gasteiger partial charge in [-0.05, 0) is 29.3 Å². The predicted molar refractivity (Wildman–Crippen MR) is 83.2 cm³/mol. The Labute approximate surface area is 122 Å². The van der Waals surface area contributed by atoms with E-state index >= 15 is 0 Å². The first-order valence-electron chi connectivity index (χ1n) is 6.48. The van der Waals surface area contributed by atoms with Gasteiger partial charge in [0.05, 0.1) is 25.6 Å². The molecular formula is C14H22O4SSi. The van der Waals surface area contributed by atoms with Crippen molar-refractivity contribution in [3.05, 3.63) is 23.3 Å². The minimum Gasteiger partial charge on any atom is -0.465 e. The minimum atomic E-state index is -3.32. The number of esters is 1. The zero-order chi connectivity index (χ0) is 15.7. The van der Waals surface area contributed by atoms with Crippen LogP contribution in [-0.2, 0) is 21.0 Å². The molecule has 0 saturated carbocycles. The highest BCUT2D eigenvalue weighted by Gasteiger charge is 2.30. The van der Waals surface area contributed by atoms with Crippen LogP contribution in [0.4, 0.5) is 0 Å². The Balaban J connectivity index is 3.83. The number of methoxy groups -OCH3 is 1. The Morgan fingerprint density at radius 3 is 2.15 bits per heavy atom. The quantitative estimate of drug-likeness (QED) is 0.630. The molecule has 0 aliphatic rings. The lowest BCUT2D eigenvalue weighted by atomic mass is 10.1. The highest BCUT2D eigenvalue weighted by molar-refractivity contribution is 7.91. The molecule has 0 unspecified atom stereocenters. The molecule has 1 rings (SSSR count). The molecule has 0 N–H and O–H groups in total. The molecule has 0 spiro atoms. The predicted octanol–water partition coefficient (Wildman–Crippen LogP) is 1.98. The van der Waals surface area contributed by atoms with E-state index in [1.807, 2.05) is 6.92 Å². The lowest BCUT2D eigenvalue weighted by Gasteiger charge is -2.25. The van der Waals surface area contributed by atoms with Crippen LogP contribution in [0.3, 0.4) is 0 Å². The molecule has 0 amide bonds. The van der Waals surface area contributed by atoms with Gasteiger partial charge in [-0.15, -0.1) is 0 Å². The number of carbonyl (C=O) groups is 1. The first-order chi connectivity index (χ1) is 9.04. The van der Waals surface area contributed by atoms with Crippen LogP contribution in [0.25, 0.3) is 0 Å². The second kappa shape index (κ2) is 5.69. The van der Waals surface area contributed by atoms with Gasteiger partial charge in [-0.25, -0.2) is 13.2 Å². The Morgan fingerprint density at radius 1 is 1.25 bits per heavy atom. The van der Waals surface area contributed by atoms with Gasteiger partial charge in [0, 0.05) is 6.26 Å². The van der Waals surface area contributed by atoms with Crippen molar-refractivity contribution in [1.82, 2.24) is 0 Å². The van der Waals surface area contributed by atoms with Gasteiger partial charge in [-0.3, -0.25) is 0 Å². The fraction of sp³-hybridized carbons (Fsp3) is 0.500. The second-order valence-corrected chi connectivity index (χ2v) is 12.8. The van der Waals surface area contributed by atoms with Crippen LogP contribution in [0.15, 0.2) is 17.0 Å². The van der Waals surface area contributed by atoms with Crippen LogP contribution in [0.2, 0.25) is 19.6 Å². The third-order valence-electron chi connectivity index (χ3n) is 3.18. The van der Waals surface area contributed by atoms with E-state index in [2.05, 4.69) is 19.6 Å². The van der Waals surface area contributed by atoms with E-state index in [0.29, 0.717) is 16.9 Å². The molecule has 0 aliphatic heterocycles. The van der Waals surface area contributed by atoms with Crippen LogP contribution >= 0.6 is 0 Å². The van der Waals surface area contributed by atoms with Crippen molar-refractivity contribution in [3.8, 4) is 0 Å². The fourth-order valence-corrected chi connectivity index (χ4v) is 6.75. The summed E-state index contributed by atoms with van der Waals surface area (Å²) in [4.78, 5) is 12.2. The topological polar surface area (TPSA) is 60.4 Å². The number of rotatable bonds is 4. The maximum atomic E-state index is 12.0. The number of benzene rings is 1. The summed E-state index contributed by atoms with van der Waals surface area (Å²) in [5.74, 6) is -0.415. The molecule has 0 aromatic heterocycles. The first-order valence-corrected chi connectivity index (χ1v) is 11.9. The lowest BCUT2D eigenvalue weighted by Crippen LogP contribution is -2.44. The van der Waals surface area contributed by atoms with Crippen LogP contribution in [0.5, 0.6) is 0 Å². The van der Waals surface area contributed by atoms with Gasteiger partial charge in [-0.2, -0.15) is 0 Å². The van der Waals surface area contributed by atoms with Crippen molar-refractivity contribution in [2.45, 2.75) is 37.9 Å². The van der Waals surface area contributed by atoms with Gasteiger partial charge in [-0.1, -0.05) is 26.6 Å². The average molecular weight is 314 g/mol. The molecule has 0 aliphatic carbocycles. The number of ether oxygens (including phenoxy) is 1. The Kier molecular flexibility index (Phi) is 4.81. The summed E-state index contributed by atoms with van der Waals surface area (Å²) in [5, 5.41) is 0.838. The van der Waals surface area contributed by atoms with Gasteiger partial charge in [0.15, 0.2) is 9.84 Å². The van der Waals surface area contributed by atoms with Crippen molar-refractivity contribution in [3.63, 3.8) is 0 Å². The van der Waals surface area contributed by atoms with Crippen LogP contribution in [-0.4, -0.2) is 35.8 Å². The minimum absolute atomic E-state index is 0.348. The second-order valence-electron chi connectivity index (χ2n) is 5.83. The summed E-state index contributed by atoms with van der Waals surface area (Å²) < 4.78 is 28.8. The summed E-state index contributed by atoms with van der Waals surface area (Å²) in [6.45, 7) is 8.17. The molecule has 0 atom stereocenters. The maximum absolute atomic E-state index is 12.0. The van der Waals surface area contributed by atoms with E-state index in [9.17, 15) is 13.2 Å². The van der Waals surface area contributed by atoms with E-state index in [-0.39, 0.29) is 0 Å². The smallest absolute Gasteiger partial charge is 0.338 e. The summed E-state index contributed by atoms with van der Waals surface area (Å²) in [7, 11) is -3.91. The van der Waals surface area contributed by atoms with Crippen LogP contribution in [0, 0.1) is 0 Å². The normalized spacial score (nSPS) is 12.3. The van der Waals surface area contributed by atoms with Crippen molar-refractivity contribution in [1.29, 1.82) is 0 Å². The summed E-state index contributed by atoms with van der Waals surface area (Å²) in [6.07, 6.45) is 1.82. The average Bonchev–Trinajstić information content (AvgIpc) is 2.33. The van der Waals surface area contributed by atoms with Gasteiger partial charge in [0.2, 0.25) is 0 Å². The van der Waals surface area contributed by atoms with Crippen LogP contribution in [0.1, 0.15) is 22.8 Å². The summed E-state index contributed by atoms with van der Waals surface area (Å²) in [6, 6.07) is 3.10. The van der Waals surface area contributed by atoms with E-state index in [1.54, 1.807) is 6.07 Å². The highest BCUT2D eigenvalue weighted by atomic mass is 32.2. The molecule has 4 nitrogen and oxygen atoms in total. The van der Waals surface area contributed by atoms with Gasteiger partial charge >= 0.3 is 5.97 Å². The SMILES string of the molecule is CCc1c(C(=O)OC)ccc(S(C)(=O)=O)c1[Si](C)(C)C. The third kappa shape index (κ3) is 3.30. The Hall–Kier alpha value is -1.14. The maximum Gasteiger partial charge on any atom is 0.338 e. The standard InChI is InChI=1S/C14H22O4SSi/c1-7-10-11(14(15)18-2)8-9-12(19(3,16)17)13(10)20(4,5)6/h8-9H,7H2,1-6H3. The molecule has 0 radical (unpaired) electrons. The largest absolute Gasteiger partial charge is 0.465 e. The zero-order valence-corrected chi connectivity index (χ0v) is 14.7. The van der Waals surface area contributed by atoms with Crippen molar-refractivity contribution < 1.29 is 17.9 Å². The van der Waals surface area contributed by atoms with Crippen molar-refractivity contribution in [2.24, 2.45) is 0 Å². The molecule has 0 saturated heterocycles. The van der Waals surface area contributed by atoms with E-state index in [0.717, 1.165) is 10.8 Å². The highest BCUT2D eigenvalue weighted by Crippen LogP contribution is 2.20.